The second-order valence-corrected chi connectivity index (χ2v) is 5.40. The van der Waals surface area contributed by atoms with Gasteiger partial charge in [0.1, 0.15) is 0 Å². The minimum absolute atomic E-state index is 0.0256. The smallest absolute Gasteiger partial charge is 0.262 e. The number of anilines is 2. The molecular weight excluding hydrogens is 339 g/mol. The van der Waals surface area contributed by atoms with E-state index in [4.69, 9.17) is 10.5 Å². The molecule has 1 amide bonds. The topological polar surface area (TPSA) is 64.3 Å². The Kier molecular flexibility index (Phi) is 4.80. The van der Waals surface area contributed by atoms with E-state index < -0.39 is 5.82 Å². The van der Waals surface area contributed by atoms with Crippen molar-refractivity contribution in [1.29, 1.82) is 0 Å². The summed E-state index contributed by atoms with van der Waals surface area (Å²) in [5.74, 6) is -0.888. The van der Waals surface area contributed by atoms with Crippen molar-refractivity contribution in [1.82, 2.24) is 0 Å². The second kappa shape index (κ2) is 6.58. The Morgan fingerprint density at radius 2 is 2.10 bits per heavy atom. The van der Waals surface area contributed by atoms with Gasteiger partial charge in [-0.1, -0.05) is 22.0 Å². The maximum atomic E-state index is 13.5. The van der Waals surface area contributed by atoms with Crippen molar-refractivity contribution in [2.24, 2.45) is 0 Å². The van der Waals surface area contributed by atoms with Gasteiger partial charge in [0.25, 0.3) is 5.91 Å². The van der Waals surface area contributed by atoms with Gasteiger partial charge in [-0.15, -0.1) is 0 Å². The zero-order valence-electron chi connectivity index (χ0n) is 11.3. The molecule has 0 aliphatic heterocycles. The third-order valence-electron chi connectivity index (χ3n) is 2.79. The van der Waals surface area contributed by atoms with Crippen LogP contribution in [0.1, 0.15) is 5.56 Å². The fraction of sp³-hybridized carbons (Fsp3) is 0.133. The number of nitrogen functional groups attached to an aromatic ring is 1. The van der Waals surface area contributed by atoms with Gasteiger partial charge in [-0.2, -0.15) is 0 Å². The molecule has 0 atom stereocenters. The van der Waals surface area contributed by atoms with Crippen LogP contribution in [0.25, 0.3) is 0 Å². The van der Waals surface area contributed by atoms with Crippen LogP contribution in [0.5, 0.6) is 5.75 Å². The largest absolute Gasteiger partial charge is 0.481 e. The molecule has 0 aliphatic carbocycles. The van der Waals surface area contributed by atoms with E-state index in [0.717, 1.165) is 5.56 Å². The highest BCUT2D eigenvalue weighted by Gasteiger charge is 2.09. The lowest BCUT2D eigenvalue weighted by Crippen LogP contribution is -2.21. The molecule has 0 radical (unpaired) electrons. The molecular formula is C15H14BrFN2O2. The Morgan fingerprint density at radius 1 is 1.33 bits per heavy atom. The lowest BCUT2D eigenvalue weighted by atomic mass is 10.2. The van der Waals surface area contributed by atoms with Gasteiger partial charge in [-0.25, -0.2) is 4.39 Å². The van der Waals surface area contributed by atoms with Gasteiger partial charge in [0.15, 0.2) is 18.2 Å². The van der Waals surface area contributed by atoms with E-state index in [9.17, 15) is 9.18 Å². The molecule has 0 spiro atoms. The maximum Gasteiger partial charge on any atom is 0.262 e. The summed E-state index contributed by atoms with van der Waals surface area (Å²) in [4.78, 5) is 11.8. The summed E-state index contributed by atoms with van der Waals surface area (Å²) >= 11 is 3.15. The number of hydrogen-bond donors (Lipinski definition) is 2. The van der Waals surface area contributed by atoms with Crippen molar-refractivity contribution in [3.63, 3.8) is 0 Å². The molecule has 0 aromatic heterocycles. The highest BCUT2D eigenvalue weighted by Crippen LogP contribution is 2.22. The third kappa shape index (κ3) is 4.19. The van der Waals surface area contributed by atoms with E-state index in [2.05, 4.69) is 21.2 Å². The molecule has 0 bridgehead atoms. The lowest BCUT2D eigenvalue weighted by molar-refractivity contribution is -0.118. The number of amides is 1. The lowest BCUT2D eigenvalue weighted by Gasteiger charge is -2.10. The molecule has 3 N–H and O–H groups in total. The Bertz CT molecular complexity index is 677. The van der Waals surface area contributed by atoms with Crippen molar-refractivity contribution < 1.29 is 13.9 Å². The van der Waals surface area contributed by atoms with Crippen molar-refractivity contribution in [2.45, 2.75) is 6.92 Å². The maximum absolute atomic E-state index is 13.5. The minimum atomic E-state index is -0.530. The van der Waals surface area contributed by atoms with Crippen molar-refractivity contribution >= 4 is 33.2 Å². The predicted molar refractivity (Wildman–Crippen MR) is 83.8 cm³/mol. The number of hydrogen-bond acceptors (Lipinski definition) is 3. The summed E-state index contributed by atoms with van der Waals surface area (Å²) in [7, 11) is 0. The van der Waals surface area contributed by atoms with Crippen LogP contribution in [0.15, 0.2) is 40.9 Å². The number of carbonyl (C=O) groups is 1. The molecule has 0 unspecified atom stereocenters. The van der Waals surface area contributed by atoms with Crippen LogP contribution < -0.4 is 15.8 Å². The van der Waals surface area contributed by atoms with E-state index in [1.54, 1.807) is 24.3 Å². The number of ether oxygens (including phenoxy) is 1. The third-order valence-corrected chi connectivity index (χ3v) is 3.28. The summed E-state index contributed by atoms with van der Waals surface area (Å²) in [6.07, 6.45) is 0. The minimum Gasteiger partial charge on any atom is -0.481 e. The van der Waals surface area contributed by atoms with Crippen molar-refractivity contribution in [2.75, 3.05) is 17.7 Å². The van der Waals surface area contributed by atoms with E-state index >= 15 is 0 Å². The molecule has 4 nitrogen and oxygen atoms in total. The molecule has 0 saturated carbocycles. The fourth-order valence-corrected chi connectivity index (χ4v) is 2.03. The Labute approximate surface area is 130 Å². The van der Waals surface area contributed by atoms with Gasteiger partial charge in [0.2, 0.25) is 0 Å². The van der Waals surface area contributed by atoms with Gasteiger partial charge >= 0.3 is 0 Å². The monoisotopic (exact) mass is 352 g/mol. The SMILES string of the molecule is Cc1ccc(N)cc1NC(=O)COc1ccc(Br)cc1F. The van der Waals surface area contributed by atoms with Gasteiger partial charge in [0.05, 0.1) is 0 Å². The van der Waals surface area contributed by atoms with E-state index in [-0.39, 0.29) is 18.3 Å². The summed E-state index contributed by atoms with van der Waals surface area (Å²) in [5.41, 5.74) is 7.71. The molecule has 6 heteroatoms. The average molecular weight is 353 g/mol. The summed E-state index contributed by atoms with van der Waals surface area (Å²) in [6.45, 7) is 1.57. The number of rotatable bonds is 4. The second-order valence-electron chi connectivity index (χ2n) is 4.49. The van der Waals surface area contributed by atoms with Crippen LogP contribution in [0.4, 0.5) is 15.8 Å². The summed E-state index contributed by atoms with van der Waals surface area (Å²) < 4.78 is 19.3. The molecule has 0 fully saturated rings. The number of halogens is 2. The fourth-order valence-electron chi connectivity index (χ4n) is 1.70. The zero-order chi connectivity index (χ0) is 15.4. The quantitative estimate of drug-likeness (QED) is 0.827. The summed E-state index contributed by atoms with van der Waals surface area (Å²) in [6, 6.07) is 9.58. The van der Waals surface area contributed by atoms with Crippen molar-refractivity contribution in [3.05, 3.63) is 52.3 Å². The van der Waals surface area contributed by atoms with Gasteiger partial charge in [0, 0.05) is 15.8 Å². The first kappa shape index (κ1) is 15.3. The molecule has 2 aromatic carbocycles. The van der Waals surface area contributed by atoms with Gasteiger partial charge in [-0.05, 0) is 42.8 Å². The summed E-state index contributed by atoms with van der Waals surface area (Å²) in [5, 5.41) is 2.68. The first-order chi connectivity index (χ1) is 9.95. The van der Waals surface area contributed by atoms with Crippen LogP contribution >= 0.6 is 15.9 Å². The van der Waals surface area contributed by atoms with Crippen LogP contribution in [-0.4, -0.2) is 12.5 Å². The number of aryl methyl sites for hydroxylation is 1. The van der Waals surface area contributed by atoms with Crippen LogP contribution in [0.2, 0.25) is 0 Å². The van der Waals surface area contributed by atoms with Crippen LogP contribution in [0, 0.1) is 12.7 Å². The standard InChI is InChI=1S/C15H14BrFN2O2/c1-9-2-4-11(18)7-13(9)19-15(20)8-21-14-5-3-10(16)6-12(14)17/h2-7H,8,18H2,1H3,(H,19,20). The van der Waals surface area contributed by atoms with Gasteiger partial charge in [-0.3, -0.25) is 4.79 Å². The molecule has 0 aliphatic rings. The van der Waals surface area contributed by atoms with Crippen LogP contribution in [0.3, 0.4) is 0 Å². The molecule has 0 heterocycles. The first-order valence-electron chi connectivity index (χ1n) is 6.19. The number of carbonyl (C=O) groups excluding carboxylic acids is 1. The van der Waals surface area contributed by atoms with Crippen LogP contribution in [-0.2, 0) is 4.79 Å². The Balaban J connectivity index is 1.97. The van der Waals surface area contributed by atoms with E-state index in [1.165, 1.54) is 12.1 Å². The molecule has 0 saturated heterocycles. The Morgan fingerprint density at radius 3 is 2.81 bits per heavy atom. The normalized spacial score (nSPS) is 10.2. The van der Waals surface area contributed by atoms with E-state index in [1.807, 2.05) is 6.92 Å². The first-order valence-corrected chi connectivity index (χ1v) is 6.99. The predicted octanol–water partition coefficient (Wildman–Crippen LogP) is 3.50. The Hall–Kier alpha value is -2.08. The number of nitrogens with one attached hydrogen (secondary N) is 1. The number of nitrogens with two attached hydrogens (primary N) is 1. The molecule has 110 valence electrons. The highest BCUT2D eigenvalue weighted by molar-refractivity contribution is 9.10. The average Bonchev–Trinajstić information content (AvgIpc) is 2.42. The van der Waals surface area contributed by atoms with Gasteiger partial charge < -0.3 is 15.8 Å². The highest BCUT2D eigenvalue weighted by atomic mass is 79.9. The molecule has 21 heavy (non-hydrogen) atoms. The molecule has 2 aromatic rings. The number of benzene rings is 2. The zero-order valence-corrected chi connectivity index (χ0v) is 12.9. The molecule has 2 rings (SSSR count). The van der Waals surface area contributed by atoms with Crippen molar-refractivity contribution in [3.8, 4) is 5.75 Å². The van der Waals surface area contributed by atoms with E-state index in [0.29, 0.717) is 15.8 Å².